The maximum atomic E-state index is 5.62. The zero-order chi connectivity index (χ0) is 13.9. The van der Waals surface area contributed by atoms with Crippen molar-refractivity contribution in [3.63, 3.8) is 0 Å². The molecule has 0 saturated heterocycles. The fourth-order valence-electron chi connectivity index (χ4n) is 2.18. The second kappa shape index (κ2) is 5.89. The van der Waals surface area contributed by atoms with Gasteiger partial charge in [0.05, 0.1) is 16.8 Å². The predicted octanol–water partition coefficient (Wildman–Crippen LogP) is 3.66. The van der Waals surface area contributed by atoms with Gasteiger partial charge in [0, 0.05) is 6.54 Å². The van der Waals surface area contributed by atoms with Gasteiger partial charge in [-0.1, -0.05) is 0 Å². The summed E-state index contributed by atoms with van der Waals surface area (Å²) in [7, 11) is 0. The molecule has 0 aliphatic carbocycles. The van der Waals surface area contributed by atoms with Crippen molar-refractivity contribution >= 4 is 15.9 Å². The van der Waals surface area contributed by atoms with Gasteiger partial charge in [0.15, 0.2) is 11.5 Å². The average Bonchev–Trinajstić information content (AvgIpc) is 2.99. The number of hydrogen-bond acceptors (Lipinski definition) is 4. The van der Waals surface area contributed by atoms with Crippen molar-refractivity contribution < 1.29 is 13.9 Å². The molecule has 0 radical (unpaired) electrons. The molecule has 0 amide bonds. The molecule has 20 heavy (non-hydrogen) atoms. The van der Waals surface area contributed by atoms with Crippen molar-refractivity contribution in [2.24, 2.45) is 0 Å². The Morgan fingerprint density at radius 1 is 1.30 bits per heavy atom. The largest absolute Gasteiger partial charge is 0.486 e. The Morgan fingerprint density at radius 2 is 2.15 bits per heavy atom. The van der Waals surface area contributed by atoms with Crippen molar-refractivity contribution in [1.82, 2.24) is 5.32 Å². The van der Waals surface area contributed by atoms with Crippen LogP contribution >= 0.6 is 15.9 Å². The minimum Gasteiger partial charge on any atom is -0.486 e. The van der Waals surface area contributed by atoms with E-state index in [1.54, 1.807) is 6.26 Å². The van der Waals surface area contributed by atoms with Crippen molar-refractivity contribution in [2.75, 3.05) is 13.2 Å². The van der Waals surface area contributed by atoms with Crippen molar-refractivity contribution in [2.45, 2.75) is 19.5 Å². The first kappa shape index (κ1) is 13.5. The summed E-state index contributed by atoms with van der Waals surface area (Å²) in [6.07, 6.45) is 1.69. The third-order valence-electron chi connectivity index (χ3n) is 3.24. The summed E-state index contributed by atoms with van der Waals surface area (Å²) in [5.41, 5.74) is 1.14. The van der Waals surface area contributed by atoms with Crippen molar-refractivity contribution in [3.8, 4) is 11.5 Å². The lowest BCUT2D eigenvalue weighted by Gasteiger charge is -2.21. The SMILES string of the molecule is C[C@H](NCc1cc(Br)c2c(c1)OCCO2)c1ccco1. The normalized spacial score (nSPS) is 15.1. The fourth-order valence-corrected chi connectivity index (χ4v) is 2.78. The molecule has 2 aromatic rings. The van der Waals surface area contributed by atoms with Crippen LogP contribution in [0.5, 0.6) is 11.5 Å². The number of nitrogens with one attached hydrogen (secondary N) is 1. The number of hydrogen-bond donors (Lipinski definition) is 1. The van der Waals surface area contributed by atoms with Crippen molar-refractivity contribution in [1.29, 1.82) is 0 Å². The standard InChI is InChI=1S/C15H16BrNO3/c1-10(13-3-2-4-18-13)17-9-11-7-12(16)15-14(8-11)19-5-6-20-15/h2-4,7-8,10,17H,5-6,9H2,1H3/t10-/m0/s1. The monoisotopic (exact) mass is 337 g/mol. The number of rotatable bonds is 4. The van der Waals surface area contributed by atoms with Gasteiger partial charge in [-0.25, -0.2) is 0 Å². The Hall–Kier alpha value is -1.46. The number of furan rings is 1. The highest BCUT2D eigenvalue weighted by Crippen LogP contribution is 2.38. The molecule has 0 fully saturated rings. The third-order valence-corrected chi connectivity index (χ3v) is 3.83. The molecule has 106 valence electrons. The summed E-state index contributed by atoms with van der Waals surface area (Å²) in [5.74, 6) is 2.52. The van der Waals surface area contributed by atoms with Gasteiger partial charge in [-0.3, -0.25) is 0 Å². The summed E-state index contributed by atoms with van der Waals surface area (Å²) in [4.78, 5) is 0. The highest BCUT2D eigenvalue weighted by atomic mass is 79.9. The van der Waals surface area contributed by atoms with E-state index < -0.39 is 0 Å². The van der Waals surface area contributed by atoms with Gasteiger partial charge in [0.1, 0.15) is 19.0 Å². The van der Waals surface area contributed by atoms with Crippen LogP contribution < -0.4 is 14.8 Å². The van der Waals surface area contributed by atoms with Crippen LogP contribution in [0.4, 0.5) is 0 Å². The quantitative estimate of drug-likeness (QED) is 0.924. The molecule has 0 bridgehead atoms. The predicted molar refractivity (Wildman–Crippen MR) is 79.1 cm³/mol. The molecule has 1 aromatic heterocycles. The molecule has 2 heterocycles. The molecular formula is C15H16BrNO3. The summed E-state index contributed by atoms with van der Waals surface area (Å²) in [5, 5.41) is 3.42. The van der Waals surface area contributed by atoms with Gasteiger partial charge in [-0.05, 0) is 52.7 Å². The van der Waals surface area contributed by atoms with Crippen LogP contribution in [0.2, 0.25) is 0 Å². The van der Waals surface area contributed by atoms with Gasteiger partial charge >= 0.3 is 0 Å². The Balaban J connectivity index is 1.70. The van der Waals surface area contributed by atoms with E-state index in [0.29, 0.717) is 13.2 Å². The smallest absolute Gasteiger partial charge is 0.175 e. The number of ether oxygens (including phenoxy) is 2. The van der Waals surface area contributed by atoms with E-state index in [1.165, 1.54) is 0 Å². The molecule has 1 N–H and O–H groups in total. The van der Waals surface area contributed by atoms with E-state index in [-0.39, 0.29) is 6.04 Å². The summed E-state index contributed by atoms with van der Waals surface area (Å²) < 4.78 is 17.5. The highest BCUT2D eigenvalue weighted by molar-refractivity contribution is 9.10. The maximum absolute atomic E-state index is 5.62. The maximum Gasteiger partial charge on any atom is 0.175 e. The lowest BCUT2D eigenvalue weighted by atomic mass is 10.1. The zero-order valence-corrected chi connectivity index (χ0v) is 12.8. The Bertz CT molecular complexity index is 583. The minimum absolute atomic E-state index is 0.164. The van der Waals surface area contributed by atoms with Crippen LogP contribution in [0.15, 0.2) is 39.4 Å². The van der Waals surface area contributed by atoms with Gasteiger partial charge in [0.25, 0.3) is 0 Å². The number of benzene rings is 1. The summed E-state index contributed by atoms with van der Waals surface area (Å²) >= 11 is 3.53. The van der Waals surface area contributed by atoms with Gasteiger partial charge in [0.2, 0.25) is 0 Å². The van der Waals surface area contributed by atoms with E-state index in [4.69, 9.17) is 13.9 Å². The topological polar surface area (TPSA) is 43.6 Å². The van der Waals surface area contributed by atoms with Crippen LogP contribution in [-0.2, 0) is 6.54 Å². The molecule has 3 rings (SSSR count). The molecule has 0 saturated carbocycles. The van der Waals surface area contributed by atoms with Crippen LogP contribution in [0.3, 0.4) is 0 Å². The van der Waals surface area contributed by atoms with E-state index in [2.05, 4.69) is 34.2 Å². The molecule has 5 heteroatoms. The second-order valence-corrected chi connectivity index (χ2v) is 5.57. The number of fused-ring (bicyclic) bond motifs is 1. The first-order valence-corrected chi connectivity index (χ1v) is 7.38. The molecule has 1 aromatic carbocycles. The molecule has 0 unspecified atom stereocenters. The van der Waals surface area contributed by atoms with Crippen LogP contribution in [0.25, 0.3) is 0 Å². The van der Waals surface area contributed by atoms with Gasteiger partial charge in [-0.15, -0.1) is 0 Å². The fraction of sp³-hybridized carbons (Fsp3) is 0.333. The summed E-state index contributed by atoms with van der Waals surface area (Å²) in [6, 6.07) is 8.10. The van der Waals surface area contributed by atoms with Crippen LogP contribution in [0.1, 0.15) is 24.3 Å². The Labute approximate surface area is 126 Å². The van der Waals surface area contributed by atoms with E-state index in [1.807, 2.05) is 18.2 Å². The Kier molecular flexibility index (Phi) is 3.98. The lowest BCUT2D eigenvalue weighted by molar-refractivity contribution is 0.170. The molecule has 4 nitrogen and oxygen atoms in total. The van der Waals surface area contributed by atoms with Crippen LogP contribution in [0, 0.1) is 0 Å². The molecule has 1 aliphatic heterocycles. The first-order chi connectivity index (χ1) is 9.74. The van der Waals surface area contributed by atoms with Crippen molar-refractivity contribution in [3.05, 3.63) is 46.3 Å². The molecule has 1 atom stereocenters. The Morgan fingerprint density at radius 3 is 2.95 bits per heavy atom. The highest BCUT2D eigenvalue weighted by Gasteiger charge is 2.16. The molecule has 1 aliphatic rings. The molecule has 0 spiro atoms. The van der Waals surface area contributed by atoms with E-state index in [0.717, 1.165) is 33.8 Å². The lowest BCUT2D eigenvalue weighted by Crippen LogP contribution is -2.19. The second-order valence-electron chi connectivity index (χ2n) is 4.72. The minimum atomic E-state index is 0.164. The summed E-state index contributed by atoms with van der Waals surface area (Å²) in [6.45, 7) is 4.00. The van der Waals surface area contributed by atoms with Gasteiger partial charge < -0.3 is 19.2 Å². The van der Waals surface area contributed by atoms with Gasteiger partial charge in [-0.2, -0.15) is 0 Å². The molecular weight excluding hydrogens is 322 g/mol. The number of halogens is 1. The first-order valence-electron chi connectivity index (χ1n) is 6.59. The third kappa shape index (κ3) is 2.83. The average molecular weight is 338 g/mol. The van der Waals surface area contributed by atoms with E-state index in [9.17, 15) is 0 Å². The zero-order valence-electron chi connectivity index (χ0n) is 11.2. The van der Waals surface area contributed by atoms with E-state index >= 15 is 0 Å². The van der Waals surface area contributed by atoms with Crippen LogP contribution in [-0.4, -0.2) is 13.2 Å².